The first-order valence-corrected chi connectivity index (χ1v) is 10.6. The molecule has 0 radical (unpaired) electrons. The number of alkyl halides is 1. The van der Waals surface area contributed by atoms with E-state index in [1.165, 1.54) is 4.90 Å². The third kappa shape index (κ3) is 4.43. The number of halogens is 1. The van der Waals surface area contributed by atoms with Gasteiger partial charge >= 0.3 is 0 Å². The van der Waals surface area contributed by atoms with Gasteiger partial charge in [0.25, 0.3) is 0 Å². The molecule has 1 fully saturated rings. The second-order valence-electron chi connectivity index (χ2n) is 8.04. The standard InChI is InChI=1S/C21H27FN4O5/c1-2-3-4-13(10-25(29)12-27)21(28)26-11-14(22)7-17(26)20-23-15-8-18-19(9-16(15)24-20)31-6-5-30-18/h8-9,12-14,17,29H,2-7,10-11H2,1H3,(H,23,24)/t13?,14-,17+/m1/s1. The van der Waals surface area contributed by atoms with E-state index in [1.54, 1.807) is 12.1 Å². The van der Waals surface area contributed by atoms with Crippen LogP contribution in [-0.4, -0.2) is 69.9 Å². The fraction of sp³-hybridized carbons (Fsp3) is 0.571. The maximum Gasteiger partial charge on any atom is 0.233 e. The molecule has 2 N–H and O–H groups in total. The van der Waals surface area contributed by atoms with Gasteiger partial charge in [-0.3, -0.25) is 14.8 Å². The molecule has 1 unspecified atom stereocenters. The van der Waals surface area contributed by atoms with E-state index in [0.29, 0.717) is 47.5 Å². The number of amides is 2. The fourth-order valence-electron chi connectivity index (χ4n) is 4.26. The Morgan fingerprint density at radius 1 is 1.42 bits per heavy atom. The number of nitrogens with zero attached hydrogens (tertiary/aromatic N) is 3. The number of hydrogen-bond donors (Lipinski definition) is 2. The quantitative estimate of drug-likeness (QED) is 0.376. The van der Waals surface area contributed by atoms with E-state index in [-0.39, 0.29) is 31.8 Å². The van der Waals surface area contributed by atoms with Crippen LogP contribution in [0.4, 0.5) is 4.39 Å². The summed E-state index contributed by atoms with van der Waals surface area (Å²) < 4.78 is 25.6. The molecular formula is C21H27FN4O5. The lowest BCUT2D eigenvalue weighted by atomic mass is 9.99. The molecule has 0 spiro atoms. The van der Waals surface area contributed by atoms with Gasteiger partial charge in [0.15, 0.2) is 11.5 Å². The lowest BCUT2D eigenvalue weighted by molar-refractivity contribution is -0.157. The number of H-pyrrole nitrogens is 1. The number of imidazole rings is 1. The molecule has 1 aromatic carbocycles. The monoisotopic (exact) mass is 434 g/mol. The van der Waals surface area contributed by atoms with Crippen molar-refractivity contribution in [3.05, 3.63) is 18.0 Å². The van der Waals surface area contributed by atoms with Crippen LogP contribution in [0.25, 0.3) is 11.0 Å². The summed E-state index contributed by atoms with van der Waals surface area (Å²) in [6.07, 6.45) is 1.36. The highest BCUT2D eigenvalue weighted by Gasteiger charge is 2.40. The summed E-state index contributed by atoms with van der Waals surface area (Å²) in [6.45, 7) is 2.76. The average Bonchev–Trinajstić information content (AvgIpc) is 3.36. The van der Waals surface area contributed by atoms with Crippen LogP contribution in [-0.2, 0) is 9.59 Å². The van der Waals surface area contributed by atoms with Crippen LogP contribution in [0.2, 0.25) is 0 Å². The maximum atomic E-state index is 14.4. The second-order valence-corrected chi connectivity index (χ2v) is 8.04. The normalized spacial score (nSPS) is 21.3. The lowest BCUT2D eigenvalue weighted by Gasteiger charge is -2.28. The number of fused-ring (bicyclic) bond motifs is 2. The minimum absolute atomic E-state index is 0.0432. The van der Waals surface area contributed by atoms with Gasteiger partial charge in [0.2, 0.25) is 12.3 Å². The Morgan fingerprint density at radius 2 is 2.16 bits per heavy atom. The number of benzene rings is 1. The first-order chi connectivity index (χ1) is 15.0. The number of aromatic nitrogens is 2. The molecular weight excluding hydrogens is 407 g/mol. The zero-order chi connectivity index (χ0) is 22.0. The summed E-state index contributed by atoms with van der Waals surface area (Å²) in [6, 6.07) is 3.02. The van der Waals surface area contributed by atoms with Crippen LogP contribution in [0.3, 0.4) is 0 Å². The molecule has 3 heterocycles. The van der Waals surface area contributed by atoms with Crippen LogP contribution >= 0.6 is 0 Å². The molecule has 168 valence electrons. The molecule has 2 aliphatic rings. The molecule has 4 rings (SSSR count). The highest BCUT2D eigenvalue weighted by Crippen LogP contribution is 2.38. The molecule has 1 saturated heterocycles. The zero-order valence-corrected chi connectivity index (χ0v) is 17.4. The highest BCUT2D eigenvalue weighted by molar-refractivity contribution is 5.82. The van der Waals surface area contributed by atoms with E-state index in [2.05, 4.69) is 9.97 Å². The Kier molecular flexibility index (Phi) is 6.26. The van der Waals surface area contributed by atoms with Crippen molar-refractivity contribution >= 4 is 23.4 Å². The SMILES string of the molecule is CCCCC(CN(O)C=O)C(=O)N1C[C@H](F)C[C@H]1c1nc2cc3c(cc2[nH]1)OCCO3. The molecule has 2 aliphatic heterocycles. The third-order valence-electron chi connectivity index (χ3n) is 5.80. The second kappa shape index (κ2) is 9.09. The minimum Gasteiger partial charge on any atom is -0.486 e. The smallest absolute Gasteiger partial charge is 0.233 e. The predicted octanol–water partition coefficient (Wildman–Crippen LogP) is 2.60. The number of ether oxygens (including phenoxy) is 2. The lowest BCUT2D eigenvalue weighted by Crippen LogP contribution is -2.41. The van der Waals surface area contributed by atoms with Crippen molar-refractivity contribution in [2.75, 3.05) is 26.3 Å². The average molecular weight is 434 g/mol. The molecule has 2 amide bonds. The van der Waals surface area contributed by atoms with Gasteiger partial charge in [-0.05, 0) is 6.42 Å². The van der Waals surface area contributed by atoms with E-state index in [0.717, 1.165) is 18.4 Å². The number of likely N-dealkylation sites (tertiary alicyclic amines) is 1. The van der Waals surface area contributed by atoms with Crippen molar-refractivity contribution in [2.45, 2.75) is 44.8 Å². The van der Waals surface area contributed by atoms with Gasteiger partial charge in [-0.1, -0.05) is 19.8 Å². The number of hydroxylamine groups is 2. The van der Waals surface area contributed by atoms with Crippen molar-refractivity contribution in [1.29, 1.82) is 0 Å². The van der Waals surface area contributed by atoms with E-state index in [1.807, 2.05) is 6.92 Å². The molecule has 0 aliphatic carbocycles. The van der Waals surface area contributed by atoms with Crippen LogP contribution in [0, 0.1) is 5.92 Å². The molecule has 2 aromatic rings. The van der Waals surface area contributed by atoms with Crippen LogP contribution < -0.4 is 9.47 Å². The Balaban J connectivity index is 1.60. The van der Waals surface area contributed by atoms with Gasteiger partial charge in [-0.25, -0.2) is 14.4 Å². The van der Waals surface area contributed by atoms with E-state index in [4.69, 9.17) is 9.47 Å². The van der Waals surface area contributed by atoms with E-state index in [9.17, 15) is 19.2 Å². The topological polar surface area (TPSA) is 108 Å². The van der Waals surface area contributed by atoms with Crippen molar-refractivity contribution in [2.24, 2.45) is 5.92 Å². The van der Waals surface area contributed by atoms with E-state index < -0.39 is 18.1 Å². The molecule has 3 atom stereocenters. The first kappa shape index (κ1) is 21.4. The van der Waals surface area contributed by atoms with Crippen molar-refractivity contribution < 1.29 is 28.7 Å². The maximum absolute atomic E-state index is 14.4. The molecule has 10 heteroatoms. The molecule has 9 nitrogen and oxygen atoms in total. The molecule has 0 bridgehead atoms. The van der Waals surface area contributed by atoms with Crippen molar-refractivity contribution in [3.8, 4) is 11.5 Å². The Labute approximate surface area is 179 Å². The van der Waals surface area contributed by atoms with Crippen LogP contribution in [0.1, 0.15) is 44.5 Å². The first-order valence-electron chi connectivity index (χ1n) is 10.6. The van der Waals surface area contributed by atoms with Gasteiger partial charge in [-0.2, -0.15) is 0 Å². The summed E-state index contributed by atoms with van der Waals surface area (Å²) in [5.41, 5.74) is 1.37. The van der Waals surface area contributed by atoms with Gasteiger partial charge in [0.1, 0.15) is 25.2 Å². The van der Waals surface area contributed by atoms with Crippen LogP contribution in [0.5, 0.6) is 11.5 Å². The summed E-state index contributed by atoms with van der Waals surface area (Å²) in [5.74, 6) is 0.827. The largest absolute Gasteiger partial charge is 0.486 e. The van der Waals surface area contributed by atoms with E-state index >= 15 is 0 Å². The number of unbranched alkanes of at least 4 members (excludes halogenated alkanes) is 1. The minimum atomic E-state index is -1.18. The van der Waals surface area contributed by atoms with Gasteiger partial charge in [0, 0.05) is 18.6 Å². The Bertz CT molecular complexity index is 908. The number of rotatable bonds is 8. The third-order valence-corrected chi connectivity index (χ3v) is 5.80. The summed E-state index contributed by atoms with van der Waals surface area (Å²) in [7, 11) is 0. The Morgan fingerprint density at radius 3 is 2.87 bits per heavy atom. The van der Waals surface area contributed by atoms with Crippen molar-refractivity contribution in [3.63, 3.8) is 0 Å². The fourth-order valence-corrected chi connectivity index (χ4v) is 4.26. The Hall–Kier alpha value is -2.88. The number of nitrogens with one attached hydrogen (secondary N) is 1. The van der Waals surface area contributed by atoms with Gasteiger partial charge in [-0.15, -0.1) is 0 Å². The molecule has 0 saturated carbocycles. The van der Waals surface area contributed by atoms with Gasteiger partial charge in [0.05, 0.1) is 36.1 Å². The number of aromatic amines is 1. The van der Waals surface area contributed by atoms with Crippen molar-refractivity contribution in [1.82, 2.24) is 19.9 Å². The number of carbonyl (C=O) groups is 2. The summed E-state index contributed by atoms with van der Waals surface area (Å²) in [5, 5.41) is 10.1. The van der Waals surface area contributed by atoms with Gasteiger partial charge < -0.3 is 19.4 Å². The number of carbonyl (C=O) groups excluding carboxylic acids is 2. The summed E-state index contributed by atoms with van der Waals surface area (Å²) >= 11 is 0. The molecule has 1 aromatic heterocycles. The summed E-state index contributed by atoms with van der Waals surface area (Å²) in [4.78, 5) is 33.4. The highest BCUT2D eigenvalue weighted by atomic mass is 19.1. The zero-order valence-electron chi connectivity index (χ0n) is 17.4. The molecule has 31 heavy (non-hydrogen) atoms. The van der Waals surface area contributed by atoms with Crippen LogP contribution in [0.15, 0.2) is 12.1 Å². The number of hydrogen-bond acceptors (Lipinski definition) is 6. The predicted molar refractivity (Wildman–Crippen MR) is 109 cm³/mol.